The van der Waals surface area contributed by atoms with Crippen LogP contribution in [-0.4, -0.2) is 14.7 Å². The van der Waals surface area contributed by atoms with E-state index in [1.807, 2.05) is 18.2 Å². The predicted molar refractivity (Wildman–Crippen MR) is 81.3 cm³/mol. The molecule has 0 aliphatic rings. The van der Waals surface area contributed by atoms with Gasteiger partial charge in [0, 0.05) is 23.6 Å². The molecule has 0 aliphatic carbocycles. The number of aryl methyl sites for hydroxylation is 1. The maximum Gasteiger partial charge on any atom is 0.119 e. The fourth-order valence-corrected chi connectivity index (χ4v) is 2.67. The molecule has 0 unspecified atom stereocenters. The maximum absolute atomic E-state index is 9.94. The van der Waals surface area contributed by atoms with Crippen molar-refractivity contribution in [2.24, 2.45) is 0 Å². The van der Waals surface area contributed by atoms with Crippen molar-refractivity contribution in [3.63, 3.8) is 0 Å². The zero-order chi connectivity index (χ0) is 14.1. The predicted octanol–water partition coefficient (Wildman–Crippen LogP) is 4.01. The van der Waals surface area contributed by atoms with Crippen molar-refractivity contribution in [2.45, 2.75) is 19.9 Å². The zero-order valence-electron chi connectivity index (χ0n) is 11.2. The van der Waals surface area contributed by atoms with Gasteiger partial charge in [-0.2, -0.15) is 0 Å². The lowest BCUT2D eigenvalue weighted by atomic mass is 10.1. The molecular formula is C16H15ClN2O. The molecule has 0 fully saturated rings. The quantitative estimate of drug-likeness (QED) is 0.790. The lowest BCUT2D eigenvalue weighted by Crippen LogP contribution is -2.02. The third-order valence-electron chi connectivity index (χ3n) is 3.44. The minimum Gasteiger partial charge on any atom is -0.508 e. The SMILES string of the molecule is CCn1c(Cc2cc(Cl)ccc2O)nc2ccccc21. The average Bonchev–Trinajstić information content (AvgIpc) is 2.80. The molecule has 2 aromatic carbocycles. The lowest BCUT2D eigenvalue weighted by Gasteiger charge is -2.08. The second kappa shape index (κ2) is 5.17. The minimum absolute atomic E-state index is 0.254. The molecule has 4 heteroatoms. The van der Waals surface area contributed by atoms with Crippen molar-refractivity contribution >= 4 is 22.6 Å². The summed E-state index contributed by atoms with van der Waals surface area (Å²) in [6.45, 7) is 2.94. The Morgan fingerprint density at radius 1 is 1.20 bits per heavy atom. The van der Waals surface area contributed by atoms with Crippen LogP contribution in [0.15, 0.2) is 42.5 Å². The fourth-order valence-electron chi connectivity index (χ4n) is 2.48. The number of imidazole rings is 1. The molecule has 0 bridgehead atoms. The van der Waals surface area contributed by atoms with Gasteiger partial charge in [0.05, 0.1) is 11.0 Å². The monoisotopic (exact) mass is 286 g/mol. The molecule has 0 spiro atoms. The zero-order valence-corrected chi connectivity index (χ0v) is 11.9. The van der Waals surface area contributed by atoms with Gasteiger partial charge >= 0.3 is 0 Å². The number of benzene rings is 2. The highest BCUT2D eigenvalue weighted by Crippen LogP contribution is 2.25. The minimum atomic E-state index is 0.254. The van der Waals surface area contributed by atoms with E-state index in [1.54, 1.807) is 18.2 Å². The van der Waals surface area contributed by atoms with E-state index in [1.165, 1.54) is 0 Å². The van der Waals surface area contributed by atoms with Crippen LogP contribution in [0.25, 0.3) is 11.0 Å². The molecule has 3 nitrogen and oxygen atoms in total. The Bertz CT molecular complexity index is 764. The number of rotatable bonds is 3. The van der Waals surface area contributed by atoms with E-state index in [4.69, 9.17) is 11.6 Å². The Hall–Kier alpha value is -2.00. The summed E-state index contributed by atoms with van der Waals surface area (Å²) in [5.74, 6) is 1.19. The number of phenolic OH excluding ortho intramolecular Hbond substituents is 1. The average molecular weight is 287 g/mol. The van der Waals surface area contributed by atoms with E-state index in [9.17, 15) is 5.11 Å². The van der Waals surface area contributed by atoms with Crippen molar-refractivity contribution < 1.29 is 5.11 Å². The van der Waals surface area contributed by atoms with Crippen molar-refractivity contribution in [3.8, 4) is 5.75 Å². The molecule has 1 aromatic heterocycles. The van der Waals surface area contributed by atoms with Crippen molar-refractivity contribution in [1.29, 1.82) is 0 Å². The van der Waals surface area contributed by atoms with Crippen LogP contribution in [0.1, 0.15) is 18.3 Å². The molecule has 0 radical (unpaired) electrons. The molecule has 3 aromatic rings. The number of fused-ring (bicyclic) bond motifs is 1. The summed E-state index contributed by atoms with van der Waals surface area (Å²) in [5, 5.41) is 10.6. The molecule has 102 valence electrons. The molecule has 1 N–H and O–H groups in total. The first-order chi connectivity index (χ1) is 9.69. The summed E-state index contributed by atoms with van der Waals surface area (Å²) < 4.78 is 2.16. The van der Waals surface area contributed by atoms with Gasteiger partial charge in [0.2, 0.25) is 0 Å². The third kappa shape index (κ3) is 2.25. The Morgan fingerprint density at radius 2 is 2.00 bits per heavy atom. The van der Waals surface area contributed by atoms with E-state index >= 15 is 0 Å². The molecular weight excluding hydrogens is 272 g/mol. The first-order valence-corrected chi connectivity index (χ1v) is 6.98. The van der Waals surface area contributed by atoms with Crippen LogP contribution < -0.4 is 0 Å². The van der Waals surface area contributed by atoms with E-state index < -0.39 is 0 Å². The van der Waals surface area contributed by atoms with Crippen LogP contribution in [0.4, 0.5) is 0 Å². The highest BCUT2D eigenvalue weighted by molar-refractivity contribution is 6.30. The summed E-state index contributed by atoms with van der Waals surface area (Å²) in [6, 6.07) is 13.2. The van der Waals surface area contributed by atoms with E-state index in [0.717, 1.165) is 29.0 Å². The molecule has 0 saturated heterocycles. The van der Waals surface area contributed by atoms with Crippen LogP contribution >= 0.6 is 11.6 Å². The Morgan fingerprint density at radius 3 is 2.80 bits per heavy atom. The molecule has 0 saturated carbocycles. The van der Waals surface area contributed by atoms with Gasteiger partial charge in [0.25, 0.3) is 0 Å². The van der Waals surface area contributed by atoms with E-state index in [-0.39, 0.29) is 5.75 Å². The molecule has 1 heterocycles. The van der Waals surface area contributed by atoms with Crippen LogP contribution in [0.5, 0.6) is 5.75 Å². The van der Waals surface area contributed by atoms with Crippen molar-refractivity contribution in [3.05, 3.63) is 58.9 Å². The van der Waals surface area contributed by atoms with Gasteiger partial charge in [-0.25, -0.2) is 4.98 Å². The number of phenols is 1. The van der Waals surface area contributed by atoms with E-state index in [2.05, 4.69) is 22.5 Å². The van der Waals surface area contributed by atoms with Crippen molar-refractivity contribution in [2.75, 3.05) is 0 Å². The summed E-state index contributed by atoms with van der Waals surface area (Å²) >= 11 is 6.00. The second-order valence-electron chi connectivity index (χ2n) is 4.71. The van der Waals surface area contributed by atoms with Crippen LogP contribution in [0.2, 0.25) is 5.02 Å². The second-order valence-corrected chi connectivity index (χ2v) is 5.15. The Labute approximate surface area is 122 Å². The van der Waals surface area contributed by atoms with Gasteiger partial charge in [0.1, 0.15) is 11.6 Å². The lowest BCUT2D eigenvalue weighted by molar-refractivity contribution is 0.468. The smallest absolute Gasteiger partial charge is 0.119 e. The highest BCUT2D eigenvalue weighted by atomic mass is 35.5. The van der Waals surface area contributed by atoms with Crippen LogP contribution in [-0.2, 0) is 13.0 Å². The number of nitrogens with zero attached hydrogens (tertiary/aromatic N) is 2. The first kappa shape index (κ1) is 13.0. The maximum atomic E-state index is 9.94. The molecule has 20 heavy (non-hydrogen) atoms. The van der Waals surface area contributed by atoms with Crippen LogP contribution in [0.3, 0.4) is 0 Å². The molecule has 0 atom stereocenters. The summed E-state index contributed by atoms with van der Waals surface area (Å²) in [4.78, 5) is 4.66. The highest BCUT2D eigenvalue weighted by Gasteiger charge is 2.12. The van der Waals surface area contributed by atoms with Crippen LogP contribution in [0, 0.1) is 0 Å². The van der Waals surface area contributed by atoms with Gasteiger partial charge in [0.15, 0.2) is 0 Å². The first-order valence-electron chi connectivity index (χ1n) is 6.60. The standard InChI is InChI=1S/C16H15ClN2O/c1-2-19-14-6-4-3-5-13(14)18-16(19)10-11-9-12(17)7-8-15(11)20/h3-9,20H,2,10H2,1H3. The van der Waals surface area contributed by atoms with Gasteiger partial charge in [-0.3, -0.25) is 0 Å². The normalized spacial score (nSPS) is 11.1. The van der Waals surface area contributed by atoms with Crippen molar-refractivity contribution in [1.82, 2.24) is 9.55 Å². The molecule has 0 aliphatic heterocycles. The fraction of sp³-hybridized carbons (Fsp3) is 0.188. The number of aromatic nitrogens is 2. The summed E-state index contributed by atoms with van der Waals surface area (Å²) in [7, 11) is 0. The largest absolute Gasteiger partial charge is 0.508 e. The molecule has 0 amide bonds. The topological polar surface area (TPSA) is 38.0 Å². The van der Waals surface area contributed by atoms with Gasteiger partial charge in [-0.15, -0.1) is 0 Å². The molecule has 3 rings (SSSR count). The number of hydrogen-bond acceptors (Lipinski definition) is 2. The van der Waals surface area contributed by atoms with Gasteiger partial charge in [-0.1, -0.05) is 23.7 Å². The van der Waals surface area contributed by atoms with Gasteiger partial charge < -0.3 is 9.67 Å². The number of para-hydroxylation sites is 2. The Balaban J connectivity index is 2.08. The van der Waals surface area contributed by atoms with Gasteiger partial charge in [-0.05, 0) is 37.3 Å². The number of hydrogen-bond donors (Lipinski definition) is 1. The number of halogens is 1. The number of aromatic hydroxyl groups is 1. The summed E-state index contributed by atoms with van der Waals surface area (Å²) in [5.41, 5.74) is 2.89. The Kier molecular flexibility index (Phi) is 3.36. The summed E-state index contributed by atoms with van der Waals surface area (Å²) in [6.07, 6.45) is 0.564. The third-order valence-corrected chi connectivity index (χ3v) is 3.68. The van der Waals surface area contributed by atoms with E-state index in [0.29, 0.717) is 11.4 Å².